The number of para-hydroxylation sites is 2. The van der Waals surface area contributed by atoms with Gasteiger partial charge in [-0.25, -0.2) is 0 Å². The molecule has 1 amide bonds. The van der Waals surface area contributed by atoms with E-state index < -0.39 is 0 Å². The Kier molecular flexibility index (Phi) is 5.29. The van der Waals surface area contributed by atoms with Crippen molar-refractivity contribution in [3.8, 4) is 11.5 Å². The van der Waals surface area contributed by atoms with Gasteiger partial charge >= 0.3 is 0 Å². The summed E-state index contributed by atoms with van der Waals surface area (Å²) >= 11 is 0. The zero-order chi connectivity index (χ0) is 18.5. The Hall–Kier alpha value is -2.93. The molecule has 2 aliphatic rings. The molecule has 0 radical (unpaired) electrons. The molecule has 4 rings (SSSR count). The first-order chi connectivity index (χ1) is 13.3. The quantitative estimate of drug-likeness (QED) is 0.843. The first kappa shape index (κ1) is 17.5. The van der Waals surface area contributed by atoms with E-state index in [1.807, 2.05) is 30.3 Å². The van der Waals surface area contributed by atoms with E-state index in [0.717, 1.165) is 37.7 Å². The van der Waals surface area contributed by atoms with Crippen LogP contribution >= 0.6 is 0 Å². The molecular weight excluding hydrogens is 346 g/mol. The number of fused-ring (bicyclic) bond motifs is 1. The number of amides is 1. The number of nitrogens with one attached hydrogen (secondary N) is 2. The predicted molar refractivity (Wildman–Crippen MR) is 104 cm³/mol. The Labute approximate surface area is 158 Å². The average Bonchev–Trinajstić information content (AvgIpc) is 2.73. The molecule has 0 bridgehead atoms. The van der Waals surface area contributed by atoms with Crippen molar-refractivity contribution < 1.29 is 19.0 Å². The second-order valence-electron chi connectivity index (χ2n) is 6.38. The van der Waals surface area contributed by atoms with Gasteiger partial charge in [0.1, 0.15) is 13.2 Å². The van der Waals surface area contributed by atoms with Gasteiger partial charge in [-0.05, 0) is 24.3 Å². The maximum Gasteiger partial charge on any atom is 0.243 e. The van der Waals surface area contributed by atoms with Crippen molar-refractivity contribution >= 4 is 23.0 Å². The number of carbonyl (C=O) groups excluding carboxylic acids is 1. The smallest absolute Gasteiger partial charge is 0.243 e. The molecule has 2 aromatic rings. The Morgan fingerprint density at radius 2 is 1.74 bits per heavy atom. The van der Waals surface area contributed by atoms with E-state index in [1.54, 1.807) is 6.07 Å². The first-order valence-electron chi connectivity index (χ1n) is 9.15. The summed E-state index contributed by atoms with van der Waals surface area (Å²) in [5.74, 6) is 1.24. The van der Waals surface area contributed by atoms with Gasteiger partial charge in [-0.1, -0.05) is 12.1 Å². The molecule has 0 aromatic heterocycles. The van der Waals surface area contributed by atoms with Crippen molar-refractivity contribution in [2.24, 2.45) is 0 Å². The van der Waals surface area contributed by atoms with Crippen LogP contribution in [0.4, 0.5) is 17.1 Å². The van der Waals surface area contributed by atoms with Crippen LogP contribution in [0.2, 0.25) is 0 Å². The predicted octanol–water partition coefficient (Wildman–Crippen LogP) is 2.35. The third-order valence-corrected chi connectivity index (χ3v) is 4.52. The fourth-order valence-corrected chi connectivity index (χ4v) is 3.20. The van der Waals surface area contributed by atoms with Crippen molar-refractivity contribution in [1.82, 2.24) is 0 Å². The lowest BCUT2D eigenvalue weighted by Crippen LogP contribution is -2.36. The van der Waals surface area contributed by atoms with E-state index in [4.69, 9.17) is 14.2 Å². The van der Waals surface area contributed by atoms with Crippen molar-refractivity contribution in [1.29, 1.82) is 0 Å². The molecule has 142 valence electrons. The van der Waals surface area contributed by atoms with E-state index in [0.29, 0.717) is 30.4 Å². The molecule has 1 saturated heterocycles. The van der Waals surface area contributed by atoms with Crippen LogP contribution in [0, 0.1) is 0 Å². The van der Waals surface area contributed by atoms with Crippen LogP contribution in [-0.4, -0.2) is 52.0 Å². The summed E-state index contributed by atoms with van der Waals surface area (Å²) in [5, 5.41) is 6.13. The summed E-state index contributed by atoms with van der Waals surface area (Å²) in [5.41, 5.74) is 2.72. The molecule has 27 heavy (non-hydrogen) atoms. The second kappa shape index (κ2) is 8.18. The van der Waals surface area contributed by atoms with Crippen LogP contribution in [0.1, 0.15) is 0 Å². The van der Waals surface area contributed by atoms with Crippen molar-refractivity contribution in [3.63, 3.8) is 0 Å². The molecule has 2 aliphatic heterocycles. The topological polar surface area (TPSA) is 72.1 Å². The van der Waals surface area contributed by atoms with Gasteiger partial charge in [0.25, 0.3) is 0 Å². The highest BCUT2D eigenvalue weighted by Crippen LogP contribution is 2.32. The fourth-order valence-electron chi connectivity index (χ4n) is 3.20. The Bertz CT molecular complexity index is 806. The van der Waals surface area contributed by atoms with Gasteiger partial charge in [0, 0.05) is 24.8 Å². The van der Waals surface area contributed by atoms with E-state index in [9.17, 15) is 4.79 Å². The molecule has 2 N–H and O–H groups in total. The Balaban J connectivity index is 1.37. The minimum Gasteiger partial charge on any atom is -0.486 e. The van der Waals surface area contributed by atoms with Crippen LogP contribution < -0.4 is 25.0 Å². The van der Waals surface area contributed by atoms with E-state index >= 15 is 0 Å². The molecule has 7 heteroatoms. The second-order valence-corrected chi connectivity index (χ2v) is 6.38. The molecule has 0 saturated carbocycles. The summed E-state index contributed by atoms with van der Waals surface area (Å²) in [6, 6.07) is 13.4. The summed E-state index contributed by atoms with van der Waals surface area (Å²) in [6.07, 6.45) is 0. The Morgan fingerprint density at radius 1 is 0.963 bits per heavy atom. The molecule has 0 atom stereocenters. The van der Waals surface area contributed by atoms with Crippen LogP contribution in [0.3, 0.4) is 0 Å². The highest BCUT2D eigenvalue weighted by atomic mass is 16.6. The van der Waals surface area contributed by atoms with Gasteiger partial charge in [-0.3, -0.25) is 4.79 Å². The molecular formula is C20H23N3O4. The number of carbonyl (C=O) groups is 1. The molecule has 0 aliphatic carbocycles. The van der Waals surface area contributed by atoms with Gasteiger partial charge in [-0.2, -0.15) is 0 Å². The van der Waals surface area contributed by atoms with Gasteiger partial charge in [0.15, 0.2) is 11.5 Å². The van der Waals surface area contributed by atoms with E-state index in [-0.39, 0.29) is 12.5 Å². The lowest BCUT2D eigenvalue weighted by molar-refractivity contribution is -0.114. The lowest BCUT2D eigenvalue weighted by atomic mass is 10.2. The zero-order valence-corrected chi connectivity index (χ0v) is 15.1. The van der Waals surface area contributed by atoms with Crippen molar-refractivity contribution in [3.05, 3.63) is 42.5 Å². The highest BCUT2D eigenvalue weighted by Gasteiger charge is 2.16. The van der Waals surface area contributed by atoms with Gasteiger partial charge in [0.05, 0.1) is 31.1 Å². The number of rotatable bonds is 5. The lowest BCUT2D eigenvalue weighted by Gasteiger charge is -2.30. The summed E-state index contributed by atoms with van der Waals surface area (Å²) in [4.78, 5) is 14.6. The number of nitrogens with zero attached hydrogens (tertiary/aromatic N) is 1. The third-order valence-electron chi connectivity index (χ3n) is 4.52. The molecule has 7 nitrogen and oxygen atoms in total. The maximum absolute atomic E-state index is 12.4. The highest BCUT2D eigenvalue weighted by molar-refractivity contribution is 5.94. The summed E-state index contributed by atoms with van der Waals surface area (Å²) in [6.45, 7) is 4.38. The van der Waals surface area contributed by atoms with Crippen LogP contribution in [-0.2, 0) is 9.53 Å². The van der Waals surface area contributed by atoms with Crippen molar-refractivity contribution in [2.45, 2.75) is 0 Å². The number of benzene rings is 2. The minimum absolute atomic E-state index is 0.122. The zero-order valence-electron chi connectivity index (χ0n) is 15.1. The molecule has 0 spiro atoms. The monoisotopic (exact) mass is 369 g/mol. The van der Waals surface area contributed by atoms with Gasteiger partial charge in [0.2, 0.25) is 5.91 Å². The minimum atomic E-state index is -0.122. The molecule has 2 heterocycles. The standard InChI is InChI=1S/C20H23N3O4/c24-20(22-15-5-6-18-19(13-15)27-12-11-26-18)14-21-16-3-1-2-4-17(16)23-7-9-25-10-8-23/h1-6,13,21H,7-12,14H2,(H,22,24). The number of ether oxygens (including phenoxy) is 3. The molecule has 1 fully saturated rings. The Morgan fingerprint density at radius 3 is 2.59 bits per heavy atom. The average molecular weight is 369 g/mol. The molecule has 2 aromatic carbocycles. The van der Waals surface area contributed by atoms with E-state index in [2.05, 4.69) is 21.6 Å². The number of anilines is 3. The number of hydrogen-bond donors (Lipinski definition) is 2. The van der Waals surface area contributed by atoms with Crippen molar-refractivity contribution in [2.75, 3.05) is 61.6 Å². The molecule has 0 unspecified atom stereocenters. The normalized spacial score (nSPS) is 15.9. The van der Waals surface area contributed by atoms with Crippen LogP contribution in [0.15, 0.2) is 42.5 Å². The number of hydrogen-bond acceptors (Lipinski definition) is 6. The van der Waals surface area contributed by atoms with E-state index in [1.165, 1.54) is 0 Å². The number of morpholine rings is 1. The van der Waals surface area contributed by atoms with Gasteiger partial charge < -0.3 is 29.7 Å². The SMILES string of the molecule is O=C(CNc1ccccc1N1CCOCC1)Nc1ccc2c(c1)OCCO2. The summed E-state index contributed by atoms with van der Waals surface area (Å²) in [7, 11) is 0. The maximum atomic E-state index is 12.4. The third kappa shape index (κ3) is 4.25. The van der Waals surface area contributed by atoms with Crippen LogP contribution in [0.5, 0.6) is 11.5 Å². The first-order valence-corrected chi connectivity index (χ1v) is 9.15. The van der Waals surface area contributed by atoms with Crippen LogP contribution in [0.25, 0.3) is 0 Å². The fraction of sp³-hybridized carbons (Fsp3) is 0.350. The largest absolute Gasteiger partial charge is 0.486 e. The summed E-state index contributed by atoms with van der Waals surface area (Å²) < 4.78 is 16.5. The van der Waals surface area contributed by atoms with Gasteiger partial charge in [-0.15, -0.1) is 0 Å².